The number of carboxylic acids is 1. The molecule has 0 heterocycles. The summed E-state index contributed by atoms with van der Waals surface area (Å²) in [4.78, 5) is 9.60. The van der Waals surface area contributed by atoms with Gasteiger partial charge in [-0.25, -0.2) is 4.79 Å². The Bertz CT molecular complexity index is 514. The van der Waals surface area contributed by atoms with Gasteiger partial charge in [-0.2, -0.15) is 0 Å². The normalized spacial score (nSPS) is 16.1. The van der Waals surface area contributed by atoms with Gasteiger partial charge in [0.05, 0.1) is 18.3 Å². The highest BCUT2D eigenvalue weighted by atomic mass is 28.5. The van der Waals surface area contributed by atoms with Crippen LogP contribution in [0.2, 0.25) is 64.5 Å². The summed E-state index contributed by atoms with van der Waals surface area (Å²) in [5.74, 6) is -0.935. The molecule has 0 amide bonds. The van der Waals surface area contributed by atoms with Crippen LogP contribution in [0.5, 0.6) is 0 Å². The van der Waals surface area contributed by atoms with Gasteiger partial charge >= 0.3 is 14.8 Å². The van der Waals surface area contributed by atoms with E-state index in [0.717, 1.165) is 0 Å². The molecule has 0 aliphatic heterocycles. The van der Waals surface area contributed by atoms with E-state index in [9.17, 15) is 20.1 Å². The number of carboxylic acid groups (broad SMARTS) is 1. The van der Waals surface area contributed by atoms with Crippen LogP contribution in [0.1, 0.15) is 20.3 Å². The van der Waals surface area contributed by atoms with E-state index >= 15 is 0 Å². The topological polar surface area (TPSA) is 126 Å². The van der Waals surface area contributed by atoms with Crippen molar-refractivity contribution in [3.05, 3.63) is 12.2 Å². The van der Waals surface area contributed by atoms with E-state index < -0.39 is 64.1 Å². The molecule has 8 nitrogen and oxygen atoms in total. The van der Waals surface area contributed by atoms with Crippen LogP contribution in [-0.4, -0.2) is 79.0 Å². The molecule has 0 aromatic rings. The molecule has 0 rings (SSSR count). The standard InChI is InChI=1S/C15H40O6Si4.C4H6O2/c1-11-14(15(18)13(17)12-16)25(19-22(2,3)4,20-23(5,6)7)21-24(8,9)10;1-3(2)4(5)6/h13-18H,11-12H2,1-10H3;1H2,2H3,(H,5,6). The molecule has 0 saturated heterocycles. The predicted octanol–water partition coefficient (Wildman–Crippen LogP) is 3.62. The van der Waals surface area contributed by atoms with Crippen molar-refractivity contribution >= 4 is 39.7 Å². The van der Waals surface area contributed by atoms with Crippen molar-refractivity contribution in [3.8, 4) is 0 Å². The Balaban J connectivity index is 0. The first-order valence-electron chi connectivity index (χ1n) is 10.6. The second kappa shape index (κ2) is 12.9. The van der Waals surface area contributed by atoms with Crippen molar-refractivity contribution in [2.75, 3.05) is 6.61 Å². The first-order valence-corrected chi connectivity index (χ1v) is 22.6. The second-order valence-electron chi connectivity index (χ2n) is 10.6. The summed E-state index contributed by atoms with van der Waals surface area (Å²) in [7, 11) is -9.49. The number of rotatable bonds is 12. The molecule has 0 aliphatic carbocycles. The highest BCUT2D eigenvalue weighted by molar-refractivity contribution is 6.90. The molecule has 0 fully saturated rings. The Morgan fingerprint density at radius 2 is 1.16 bits per heavy atom. The van der Waals surface area contributed by atoms with Gasteiger partial charge in [0, 0.05) is 5.57 Å². The van der Waals surface area contributed by atoms with Gasteiger partial charge < -0.3 is 32.8 Å². The zero-order valence-electron chi connectivity index (χ0n) is 21.3. The van der Waals surface area contributed by atoms with Gasteiger partial charge in [-0.1, -0.05) is 13.5 Å². The van der Waals surface area contributed by atoms with Crippen LogP contribution < -0.4 is 0 Å². The smallest absolute Gasteiger partial charge is 0.475 e. The number of aliphatic hydroxyl groups is 3. The maximum Gasteiger partial charge on any atom is 0.475 e. The fraction of sp³-hybridized carbons (Fsp3) is 0.842. The zero-order valence-corrected chi connectivity index (χ0v) is 25.3. The summed E-state index contributed by atoms with van der Waals surface area (Å²) in [5.41, 5.74) is -0.296. The number of aliphatic hydroxyl groups excluding tert-OH is 3. The molecule has 0 aromatic carbocycles. The van der Waals surface area contributed by atoms with E-state index in [1.54, 1.807) is 0 Å². The lowest BCUT2D eigenvalue weighted by Crippen LogP contribution is -2.65. The summed E-state index contributed by atoms with van der Waals surface area (Å²) in [6.07, 6.45) is -1.84. The first kappa shape index (κ1) is 33.0. The SMILES string of the molecule is C=C(C)C(=O)O.CCC(C(O)C(O)CO)[Si](O[Si](C)(C)C)(O[Si](C)(C)C)O[Si](C)(C)C. The summed E-state index contributed by atoms with van der Waals surface area (Å²) < 4.78 is 19.8. The summed E-state index contributed by atoms with van der Waals surface area (Å²) >= 11 is 0. The van der Waals surface area contributed by atoms with Gasteiger partial charge in [0.1, 0.15) is 6.10 Å². The molecule has 0 spiro atoms. The number of carbonyl (C=O) groups is 1. The predicted molar refractivity (Wildman–Crippen MR) is 135 cm³/mol. The van der Waals surface area contributed by atoms with E-state index in [1.807, 2.05) is 6.92 Å². The lowest BCUT2D eigenvalue weighted by Gasteiger charge is -2.47. The Morgan fingerprint density at radius 1 is 0.871 bits per heavy atom. The van der Waals surface area contributed by atoms with Crippen molar-refractivity contribution in [3.63, 3.8) is 0 Å². The molecule has 0 radical (unpaired) electrons. The average molecular weight is 515 g/mol. The van der Waals surface area contributed by atoms with Crippen LogP contribution in [0.15, 0.2) is 12.2 Å². The van der Waals surface area contributed by atoms with Crippen molar-refractivity contribution in [2.45, 2.75) is 96.9 Å². The molecule has 4 N–H and O–H groups in total. The lowest BCUT2D eigenvalue weighted by atomic mass is 10.1. The van der Waals surface area contributed by atoms with Gasteiger partial charge in [-0.3, -0.25) is 0 Å². The van der Waals surface area contributed by atoms with Crippen molar-refractivity contribution in [1.29, 1.82) is 0 Å². The molecule has 31 heavy (non-hydrogen) atoms. The van der Waals surface area contributed by atoms with E-state index in [4.69, 9.17) is 17.5 Å². The maximum atomic E-state index is 10.7. The quantitative estimate of drug-likeness (QED) is 0.230. The minimum absolute atomic E-state index is 0.176. The summed E-state index contributed by atoms with van der Waals surface area (Å²) in [6.45, 7) is 24.8. The molecule has 0 bridgehead atoms. The van der Waals surface area contributed by atoms with Crippen LogP contribution in [0, 0.1) is 0 Å². The van der Waals surface area contributed by atoms with Gasteiger partial charge in [0.15, 0.2) is 25.0 Å². The third-order valence-electron chi connectivity index (χ3n) is 3.60. The minimum atomic E-state index is -3.31. The van der Waals surface area contributed by atoms with Crippen LogP contribution >= 0.6 is 0 Å². The zero-order chi connectivity index (χ0) is 25.4. The third-order valence-corrected chi connectivity index (χ3v) is 16.0. The van der Waals surface area contributed by atoms with E-state index in [1.165, 1.54) is 6.92 Å². The Labute approximate surface area is 193 Å². The molecule has 0 aromatic heterocycles. The molecular formula is C19H46O8Si4. The van der Waals surface area contributed by atoms with Crippen molar-refractivity contribution in [1.82, 2.24) is 0 Å². The first-order chi connectivity index (χ1) is 13.6. The van der Waals surface area contributed by atoms with Gasteiger partial charge in [-0.15, -0.1) is 0 Å². The number of hydrogen-bond donors (Lipinski definition) is 4. The second-order valence-corrected chi connectivity index (χ2v) is 27.7. The van der Waals surface area contributed by atoms with Gasteiger partial charge in [0.2, 0.25) is 0 Å². The minimum Gasteiger partial charge on any atom is -0.478 e. The fourth-order valence-electron chi connectivity index (χ4n) is 2.65. The molecule has 186 valence electrons. The van der Waals surface area contributed by atoms with Crippen LogP contribution in [0.3, 0.4) is 0 Å². The van der Waals surface area contributed by atoms with Crippen molar-refractivity contribution in [2.24, 2.45) is 0 Å². The number of hydrogen-bond acceptors (Lipinski definition) is 7. The highest BCUT2D eigenvalue weighted by Gasteiger charge is 2.58. The van der Waals surface area contributed by atoms with Gasteiger partial charge in [-0.05, 0) is 72.3 Å². The number of aliphatic carboxylic acids is 1. The Kier molecular flexibility index (Phi) is 13.8. The Hall–Kier alpha value is -0.162. The molecule has 3 atom stereocenters. The van der Waals surface area contributed by atoms with Crippen LogP contribution in [0.25, 0.3) is 0 Å². The largest absolute Gasteiger partial charge is 0.478 e. The third kappa shape index (κ3) is 14.6. The van der Waals surface area contributed by atoms with Crippen LogP contribution in [-0.2, 0) is 17.1 Å². The highest BCUT2D eigenvalue weighted by Crippen LogP contribution is 2.39. The molecule has 12 heteroatoms. The monoisotopic (exact) mass is 514 g/mol. The summed E-state index contributed by atoms with van der Waals surface area (Å²) in [6, 6.07) is 0. The molecule has 0 saturated carbocycles. The average Bonchev–Trinajstić information content (AvgIpc) is 2.49. The fourth-order valence-corrected chi connectivity index (χ4v) is 17.5. The molecule has 0 aliphatic rings. The van der Waals surface area contributed by atoms with Crippen LogP contribution in [0.4, 0.5) is 0 Å². The Morgan fingerprint density at radius 3 is 1.32 bits per heavy atom. The maximum absolute atomic E-state index is 10.7. The van der Waals surface area contributed by atoms with E-state index in [2.05, 4.69) is 65.5 Å². The van der Waals surface area contributed by atoms with Crippen molar-refractivity contribution < 1.29 is 37.6 Å². The lowest BCUT2D eigenvalue weighted by molar-refractivity contribution is -0.132. The summed E-state index contributed by atoms with van der Waals surface area (Å²) in [5, 5.41) is 38.0. The molecule has 3 unspecified atom stereocenters. The molecular weight excluding hydrogens is 469 g/mol. The van der Waals surface area contributed by atoms with Gasteiger partial charge in [0.25, 0.3) is 0 Å². The van der Waals surface area contributed by atoms with E-state index in [0.29, 0.717) is 6.42 Å². The van der Waals surface area contributed by atoms with E-state index in [-0.39, 0.29) is 5.57 Å².